The highest BCUT2D eigenvalue weighted by Crippen LogP contribution is 2.37. The van der Waals surface area contributed by atoms with Gasteiger partial charge in [0.1, 0.15) is 0 Å². The minimum atomic E-state index is 0.403. The molecule has 0 atom stereocenters. The third-order valence-corrected chi connectivity index (χ3v) is 7.46. The van der Waals surface area contributed by atoms with Gasteiger partial charge in [-0.3, -0.25) is 9.97 Å². The molecule has 42 heavy (non-hydrogen) atoms. The smallest absolute Gasteiger partial charge is 0.0716 e. The zero-order valence-electron chi connectivity index (χ0n) is 23.2. The lowest BCUT2D eigenvalue weighted by Gasteiger charge is -2.13. The minimum absolute atomic E-state index is 0.403. The van der Waals surface area contributed by atoms with E-state index in [0.717, 1.165) is 34.5 Å². The van der Waals surface area contributed by atoms with Gasteiger partial charge in [0.25, 0.3) is 0 Å². The van der Waals surface area contributed by atoms with Crippen molar-refractivity contribution in [2.24, 2.45) is 5.73 Å². The molecule has 0 fully saturated rings. The van der Waals surface area contributed by atoms with Crippen molar-refractivity contribution in [2.45, 2.75) is 6.42 Å². The molecule has 4 heteroatoms. The second-order valence-corrected chi connectivity index (χ2v) is 10.1. The zero-order chi connectivity index (χ0) is 28.9. The summed E-state index contributed by atoms with van der Waals surface area (Å²) in [6, 6.07) is 31.7. The molecule has 0 spiro atoms. The Morgan fingerprint density at radius 2 is 1.50 bits per heavy atom. The Hall–Kier alpha value is -5.61. The standard InChI is InChI=1S/C38H30N4/c1-2-3-13-36(40)29-17-20-38(42-25-29)27-16-19-33-31-12-5-4-11-30(31)32-18-15-26(22-34(32)35(33)23-27)9-8-10-28(24-39)37-14-6-7-21-41-37/h2-8,10-25,40H,1,9,39H2/b10-8-,13-3-,28-24+,40-36?. The van der Waals surface area contributed by atoms with Crippen LogP contribution in [0.25, 0.3) is 49.1 Å². The van der Waals surface area contributed by atoms with Crippen LogP contribution in [0.15, 0.2) is 147 Å². The molecule has 202 valence electrons. The largest absolute Gasteiger partial charge is 0.404 e. The van der Waals surface area contributed by atoms with E-state index >= 15 is 0 Å². The fourth-order valence-electron chi connectivity index (χ4n) is 5.36. The van der Waals surface area contributed by atoms with E-state index in [-0.39, 0.29) is 0 Å². The van der Waals surface area contributed by atoms with Gasteiger partial charge in [-0.25, -0.2) is 0 Å². The quantitative estimate of drug-likeness (QED) is 0.115. The summed E-state index contributed by atoms with van der Waals surface area (Å²) in [5, 5.41) is 15.6. The van der Waals surface area contributed by atoms with Crippen LogP contribution in [-0.2, 0) is 6.42 Å². The highest BCUT2D eigenvalue weighted by Gasteiger charge is 2.11. The van der Waals surface area contributed by atoms with Gasteiger partial charge in [0.2, 0.25) is 0 Å². The maximum atomic E-state index is 8.24. The highest BCUT2D eigenvalue weighted by molar-refractivity contribution is 6.25. The van der Waals surface area contributed by atoms with Crippen LogP contribution in [0.4, 0.5) is 0 Å². The number of nitrogens with zero attached hydrogens (tertiary/aromatic N) is 2. The van der Waals surface area contributed by atoms with Crippen LogP contribution in [0, 0.1) is 5.41 Å². The Kier molecular flexibility index (Phi) is 7.52. The summed E-state index contributed by atoms with van der Waals surface area (Å²) >= 11 is 0. The molecule has 0 saturated carbocycles. The van der Waals surface area contributed by atoms with Gasteiger partial charge in [0, 0.05) is 35.3 Å². The van der Waals surface area contributed by atoms with Gasteiger partial charge in [0.05, 0.1) is 17.1 Å². The van der Waals surface area contributed by atoms with Crippen LogP contribution in [0.1, 0.15) is 16.8 Å². The number of fused-ring (bicyclic) bond motifs is 6. The first kappa shape index (κ1) is 26.6. The number of benzene rings is 4. The predicted octanol–water partition coefficient (Wildman–Crippen LogP) is 8.81. The first-order valence-electron chi connectivity index (χ1n) is 13.9. The topological polar surface area (TPSA) is 75.7 Å². The van der Waals surface area contributed by atoms with Crippen molar-refractivity contribution in [2.75, 3.05) is 0 Å². The van der Waals surface area contributed by atoms with Gasteiger partial charge >= 0.3 is 0 Å². The summed E-state index contributed by atoms with van der Waals surface area (Å²) in [4.78, 5) is 9.12. The molecule has 3 N–H and O–H groups in total. The molecule has 6 aromatic rings. The van der Waals surface area contributed by atoms with E-state index in [1.54, 1.807) is 36.8 Å². The van der Waals surface area contributed by atoms with Crippen LogP contribution in [-0.4, -0.2) is 15.7 Å². The van der Waals surface area contributed by atoms with E-state index in [0.29, 0.717) is 5.71 Å². The van der Waals surface area contributed by atoms with E-state index in [1.807, 2.05) is 36.4 Å². The normalized spacial score (nSPS) is 12.1. The molecule has 6 rings (SSSR count). The van der Waals surface area contributed by atoms with E-state index in [9.17, 15) is 0 Å². The van der Waals surface area contributed by atoms with E-state index in [2.05, 4.69) is 78.3 Å². The Morgan fingerprint density at radius 1 is 0.762 bits per heavy atom. The number of nitrogens with one attached hydrogen (secondary N) is 1. The third-order valence-electron chi connectivity index (χ3n) is 7.46. The number of aromatic nitrogens is 2. The summed E-state index contributed by atoms with van der Waals surface area (Å²) in [6.45, 7) is 3.68. The van der Waals surface area contributed by atoms with Crippen molar-refractivity contribution in [3.63, 3.8) is 0 Å². The molecular weight excluding hydrogens is 512 g/mol. The molecule has 0 aliphatic heterocycles. The van der Waals surface area contributed by atoms with E-state index in [4.69, 9.17) is 16.1 Å². The summed E-state index contributed by atoms with van der Waals surface area (Å²) in [7, 11) is 0. The average molecular weight is 543 g/mol. The van der Waals surface area contributed by atoms with Crippen molar-refractivity contribution < 1.29 is 0 Å². The second-order valence-electron chi connectivity index (χ2n) is 10.1. The molecule has 0 amide bonds. The fourth-order valence-corrected chi connectivity index (χ4v) is 5.36. The zero-order valence-corrected chi connectivity index (χ0v) is 23.2. The molecule has 2 heterocycles. The molecule has 0 saturated heterocycles. The number of allylic oxidation sites excluding steroid dienone is 6. The Balaban J connectivity index is 1.41. The number of hydrogen-bond acceptors (Lipinski definition) is 4. The number of pyridine rings is 2. The van der Waals surface area contributed by atoms with Gasteiger partial charge < -0.3 is 11.1 Å². The van der Waals surface area contributed by atoms with Crippen LogP contribution < -0.4 is 5.73 Å². The van der Waals surface area contributed by atoms with Crippen LogP contribution >= 0.6 is 0 Å². The summed E-state index contributed by atoms with van der Waals surface area (Å²) in [5.74, 6) is 0. The molecule has 0 aliphatic carbocycles. The summed E-state index contributed by atoms with van der Waals surface area (Å²) in [6.07, 6.45) is 15.2. The maximum Gasteiger partial charge on any atom is 0.0716 e. The van der Waals surface area contributed by atoms with E-state index < -0.39 is 0 Å². The van der Waals surface area contributed by atoms with Crippen LogP contribution in [0.2, 0.25) is 0 Å². The summed E-state index contributed by atoms with van der Waals surface area (Å²) in [5.41, 5.74) is 11.9. The van der Waals surface area contributed by atoms with Gasteiger partial charge in [-0.15, -0.1) is 0 Å². The highest BCUT2D eigenvalue weighted by atomic mass is 14.7. The summed E-state index contributed by atoms with van der Waals surface area (Å²) < 4.78 is 0. The number of rotatable bonds is 8. The van der Waals surface area contributed by atoms with Crippen molar-refractivity contribution >= 4 is 43.6 Å². The number of hydrogen-bond donors (Lipinski definition) is 2. The first-order valence-corrected chi connectivity index (χ1v) is 13.9. The molecule has 4 nitrogen and oxygen atoms in total. The molecule has 4 aromatic carbocycles. The SMILES string of the molecule is C=C/C=C\C(=N)c1ccc(-c2ccc3c4ccccc4c4ccc(C/C=C\C(=C/N)c5ccccn5)cc4c3c2)nc1. The molecule has 0 aliphatic rings. The lowest BCUT2D eigenvalue weighted by molar-refractivity contribution is 1.26. The first-order chi connectivity index (χ1) is 20.7. The lowest BCUT2D eigenvalue weighted by atomic mass is 9.91. The van der Waals surface area contributed by atoms with Crippen LogP contribution in [0.5, 0.6) is 0 Å². The van der Waals surface area contributed by atoms with Gasteiger partial charge in [-0.2, -0.15) is 0 Å². The molecule has 0 bridgehead atoms. The minimum Gasteiger partial charge on any atom is -0.404 e. The lowest BCUT2D eigenvalue weighted by Crippen LogP contribution is -1.96. The Bertz CT molecular complexity index is 2030. The molecule has 0 radical (unpaired) electrons. The van der Waals surface area contributed by atoms with Crippen LogP contribution in [0.3, 0.4) is 0 Å². The van der Waals surface area contributed by atoms with Gasteiger partial charge in [0.15, 0.2) is 0 Å². The average Bonchev–Trinajstić information content (AvgIpc) is 3.06. The number of nitrogens with two attached hydrogens (primary N) is 1. The third kappa shape index (κ3) is 5.26. The molecule has 0 unspecified atom stereocenters. The second kappa shape index (κ2) is 11.9. The van der Waals surface area contributed by atoms with E-state index in [1.165, 1.54) is 37.9 Å². The molecular formula is C38H30N4. The fraction of sp³-hybridized carbons (Fsp3) is 0.0263. The monoisotopic (exact) mass is 542 g/mol. The molecule has 2 aromatic heterocycles. The predicted molar refractivity (Wildman–Crippen MR) is 178 cm³/mol. The van der Waals surface area contributed by atoms with Crippen molar-refractivity contribution in [1.29, 1.82) is 5.41 Å². The van der Waals surface area contributed by atoms with Crippen molar-refractivity contribution in [1.82, 2.24) is 9.97 Å². The van der Waals surface area contributed by atoms with Crippen molar-refractivity contribution in [3.05, 3.63) is 163 Å². The van der Waals surface area contributed by atoms with Gasteiger partial charge in [-0.1, -0.05) is 91.5 Å². The van der Waals surface area contributed by atoms with Crippen molar-refractivity contribution in [3.8, 4) is 11.3 Å². The Labute approximate surface area is 245 Å². The maximum absolute atomic E-state index is 8.24. The van der Waals surface area contributed by atoms with Gasteiger partial charge in [-0.05, 0) is 80.7 Å². The Morgan fingerprint density at radius 3 is 2.19 bits per heavy atom.